The quantitative estimate of drug-likeness (QED) is 0.882. The van der Waals surface area contributed by atoms with Gasteiger partial charge in [-0.1, -0.05) is 13.0 Å². The molecule has 0 aromatic heterocycles. The molecule has 0 saturated carbocycles. The first-order valence-electron chi connectivity index (χ1n) is 6.26. The van der Waals surface area contributed by atoms with Crippen LogP contribution in [0, 0.1) is 6.92 Å². The maximum atomic E-state index is 12.0. The van der Waals surface area contributed by atoms with E-state index < -0.39 is 5.60 Å². The van der Waals surface area contributed by atoms with Crippen LogP contribution in [0.1, 0.15) is 24.5 Å². The second-order valence-corrected chi connectivity index (χ2v) is 5.89. The predicted molar refractivity (Wildman–Crippen MR) is 76.1 cm³/mol. The zero-order valence-corrected chi connectivity index (χ0v) is 11.6. The molecule has 1 aliphatic heterocycles. The van der Waals surface area contributed by atoms with E-state index in [-0.39, 0.29) is 5.91 Å². The van der Waals surface area contributed by atoms with Crippen LogP contribution >= 0.6 is 11.8 Å². The number of amides is 1. The third-order valence-electron chi connectivity index (χ3n) is 3.41. The average molecular weight is 265 g/mol. The lowest BCUT2D eigenvalue weighted by Gasteiger charge is -2.20. The van der Waals surface area contributed by atoms with Crippen LogP contribution < -0.4 is 5.32 Å². The van der Waals surface area contributed by atoms with Gasteiger partial charge in [0.1, 0.15) is 0 Å². The molecule has 98 valence electrons. The Hall–Kier alpha value is -1.00. The van der Waals surface area contributed by atoms with E-state index in [1.165, 1.54) is 11.1 Å². The number of aliphatic hydroxyl groups is 1. The number of aryl methyl sites for hydroxylation is 2. The van der Waals surface area contributed by atoms with Gasteiger partial charge < -0.3 is 10.4 Å². The molecule has 4 heteroatoms. The van der Waals surface area contributed by atoms with E-state index in [0.717, 1.165) is 17.9 Å². The summed E-state index contributed by atoms with van der Waals surface area (Å²) in [6.45, 7) is 4.15. The molecule has 18 heavy (non-hydrogen) atoms. The lowest BCUT2D eigenvalue weighted by Crippen LogP contribution is -2.42. The molecule has 3 nitrogen and oxygen atoms in total. The molecule has 1 aromatic rings. The molecule has 0 spiro atoms. The maximum absolute atomic E-state index is 12.0. The normalized spacial score (nSPS) is 23.1. The fourth-order valence-electron chi connectivity index (χ4n) is 2.11. The first-order chi connectivity index (χ1) is 8.55. The van der Waals surface area contributed by atoms with Gasteiger partial charge in [-0.3, -0.25) is 4.79 Å². The smallest absolute Gasteiger partial charge is 0.257 e. The van der Waals surface area contributed by atoms with Gasteiger partial charge in [-0.15, -0.1) is 0 Å². The first-order valence-corrected chi connectivity index (χ1v) is 7.42. The van der Waals surface area contributed by atoms with Crippen molar-refractivity contribution in [1.29, 1.82) is 0 Å². The van der Waals surface area contributed by atoms with Crippen molar-refractivity contribution in [1.82, 2.24) is 0 Å². The molecule has 0 aliphatic carbocycles. The number of anilines is 1. The third kappa shape index (κ3) is 2.70. The van der Waals surface area contributed by atoms with Crippen LogP contribution in [-0.2, 0) is 11.2 Å². The van der Waals surface area contributed by atoms with E-state index >= 15 is 0 Å². The lowest BCUT2D eigenvalue weighted by molar-refractivity contribution is -0.131. The van der Waals surface area contributed by atoms with Gasteiger partial charge in [0, 0.05) is 11.4 Å². The molecule has 1 aliphatic rings. The van der Waals surface area contributed by atoms with Crippen LogP contribution in [-0.4, -0.2) is 28.1 Å². The van der Waals surface area contributed by atoms with E-state index in [1.54, 1.807) is 11.8 Å². The highest BCUT2D eigenvalue weighted by Gasteiger charge is 2.39. The number of hydrogen-bond acceptors (Lipinski definition) is 3. The largest absolute Gasteiger partial charge is 0.379 e. The predicted octanol–water partition coefficient (Wildman–Crippen LogP) is 2.36. The standard InChI is InChI=1S/C14H19NO2S/c1-3-11-8-12(5-4-10(11)2)15-13(16)14(17)6-7-18-9-14/h4-5,8,17H,3,6-7,9H2,1-2H3,(H,15,16). The van der Waals surface area contributed by atoms with Gasteiger partial charge >= 0.3 is 0 Å². The Morgan fingerprint density at radius 2 is 2.33 bits per heavy atom. The monoisotopic (exact) mass is 265 g/mol. The fourth-order valence-corrected chi connectivity index (χ4v) is 3.35. The summed E-state index contributed by atoms with van der Waals surface area (Å²) in [5, 5.41) is 13.0. The number of benzene rings is 1. The van der Waals surface area contributed by atoms with Gasteiger partial charge in [-0.05, 0) is 48.8 Å². The molecule has 1 fully saturated rings. The minimum atomic E-state index is -1.19. The van der Waals surface area contributed by atoms with E-state index in [2.05, 4.69) is 19.2 Å². The molecule has 0 radical (unpaired) electrons. The van der Waals surface area contributed by atoms with Crippen molar-refractivity contribution >= 4 is 23.4 Å². The summed E-state index contributed by atoms with van der Waals surface area (Å²) in [4.78, 5) is 12.0. The highest BCUT2D eigenvalue weighted by atomic mass is 32.2. The van der Waals surface area contributed by atoms with Crippen LogP contribution in [0.5, 0.6) is 0 Å². The molecular weight excluding hydrogens is 246 g/mol. The molecule has 1 amide bonds. The van der Waals surface area contributed by atoms with Crippen molar-refractivity contribution in [3.05, 3.63) is 29.3 Å². The zero-order chi connectivity index (χ0) is 13.2. The Balaban J connectivity index is 2.11. The van der Waals surface area contributed by atoms with Crippen molar-refractivity contribution in [2.75, 3.05) is 16.8 Å². The number of rotatable bonds is 3. The van der Waals surface area contributed by atoms with E-state index in [9.17, 15) is 9.90 Å². The lowest BCUT2D eigenvalue weighted by atomic mass is 10.0. The fraction of sp³-hybridized carbons (Fsp3) is 0.500. The molecule has 1 saturated heterocycles. The second-order valence-electron chi connectivity index (χ2n) is 4.78. The summed E-state index contributed by atoms with van der Waals surface area (Å²) in [5.41, 5.74) is 2.03. The summed E-state index contributed by atoms with van der Waals surface area (Å²) in [6, 6.07) is 5.87. The Labute approximate surface area is 112 Å². The average Bonchev–Trinajstić information content (AvgIpc) is 2.80. The minimum Gasteiger partial charge on any atom is -0.379 e. The maximum Gasteiger partial charge on any atom is 0.257 e. The molecule has 2 N–H and O–H groups in total. The number of nitrogens with one attached hydrogen (secondary N) is 1. The highest BCUT2D eigenvalue weighted by Crippen LogP contribution is 2.29. The zero-order valence-electron chi connectivity index (χ0n) is 10.8. The highest BCUT2D eigenvalue weighted by molar-refractivity contribution is 7.99. The van der Waals surface area contributed by atoms with Crippen LogP contribution in [0.3, 0.4) is 0 Å². The Bertz CT molecular complexity index is 453. The Kier molecular flexibility index (Phi) is 3.97. The number of carbonyl (C=O) groups is 1. The van der Waals surface area contributed by atoms with Crippen molar-refractivity contribution in [3.63, 3.8) is 0 Å². The SMILES string of the molecule is CCc1cc(NC(=O)C2(O)CCSC2)ccc1C. The van der Waals surface area contributed by atoms with Crippen molar-refractivity contribution < 1.29 is 9.90 Å². The van der Waals surface area contributed by atoms with Crippen molar-refractivity contribution in [2.45, 2.75) is 32.3 Å². The van der Waals surface area contributed by atoms with Gasteiger partial charge in [0.05, 0.1) is 0 Å². The van der Waals surface area contributed by atoms with Gasteiger partial charge in [0.2, 0.25) is 0 Å². The van der Waals surface area contributed by atoms with Crippen LogP contribution in [0.25, 0.3) is 0 Å². The summed E-state index contributed by atoms with van der Waals surface area (Å²) < 4.78 is 0. The van der Waals surface area contributed by atoms with Gasteiger partial charge in [-0.2, -0.15) is 11.8 Å². The summed E-state index contributed by atoms with van der Waals surface area (Å²) in [6.07, 6.45) is 1.48. The molecule has 1 atom stereocenters. The van der Waals surface area contributed by atoms with E-state index in [0.29, 0.717) is 12.2 Å². The molecule has 1 heterocycles. The molecule has 2 rings (SSSR count). The van der Waals surface area contributed by atoms with Gasteiger partial charge in [0.15, 0.2) is 5.60 Å². The summed E-state index contributed by atoms with van der Waals surface area (Å²) >= 11 is 1.62. The molecule has 0 bridgehead atoms. The molecule has 1 unspecified atom stereocenters. The van der Waals surface area contributed by atoms with Crippen LogP contribution in [0.2, 0.25) is 0 Å². The molecular formula is C14H19NO2S. The van der Waals surface area contributed by atoms with E-state index in [1.807, 2.05) is 18.2 Å². The number of hydrogen-bond donors (Lipinski definition) is 2. The van der Waals surface area contributed by atoms with Crippen LogP contribution in [0.4, 0.5) is 5.69 Å². The van der Waals surface area contributed by atoms with Crippen molar-refractivity contribution in [3.8, 4) is 0 Å². The minimum absolute atomic E-state index is 0.279. The molecule has 1 aromatic carbocycles. The first kappa shape index (κ1) is 13.4. The van der Waals surface area contributed by atoms with Gasteiger partial charge in [-0.25, -0.2) is 0 Å². The van der Waals surface area contributed by atoms with E-state index in [4.69, 9.17) is 0 Å². The summed E-state index contributed by atoms with van der Waals surface area (Å²) in [7, 11) is 0. The van der Waals surface area contributed by atoms with Crippen LogP contribution in [0.15, 0.2) is 18.2 Å². The Morgan fingerprint density at radius 3 is 2.94 bits per heavy atom. The van der Waals surface area contributed by atoms with Gasteiger partial charge in [0.25, 0.3) is 5.91 Å². The van der Waals surface area contributed by atoms with Crippen molar-refractivity contribution in [2.24, 2.45) is 0 Å². The summed E-state index contributed by atoms with van der Waals surface area (Å²) in [5.74, 6) is 1.06. The topological polar surface area (TPSA) is 49.3 Å². The number of carbonyl (C=O) groups excluding carboxylic acids is 1. The third-order valence-corrected chi connectivity index (χ3v) is 4.59. The second kappa shape index (κ2) is 5.33. The Morgan fingerprint density at radius 1 is 1.56 bits per heavy atom. The number of thioether (sulfide) groups is 1.